The molecular weight excluding hydrogens is 391 g/mol. The molecule has 0 saturated carbocycles. The van der Waals surface area contributed by atoms with Gasteiger partial charge < -0.3 is 16.0 Å². The summed E-state index contributed by atoms with van der Waals surface area (Å²) in [6.07, 6.45) is 0.420. The number of urea groups is 1. The molecule has 4 amide bonds. The van der Waals surface area contributed by atoms with Gasteiger partial charge in [-0.1, -0.05) is 25.4 Å². The van der Waals surface area contributed by atoms with Crippen molar-refractivity contribution < 1.29 is 14.4 Å². The van der Waals surface area contributed by atoms with Gasteiger partial charge in [-0.2, -0.15) is 0 Å². The normalized spacial score (nSPS) is 16.8. The van der Waals surface area contributed by atoms with Gasteiger partial charge >= 0.3 is 6.03 Å². The van der Waals surface area contributed by atoms with Crippen LogP contribution in [0.15, 0.2) is 24.3 Å². The maximum absolute atomic E-state index is 12.5. The Labute approximate surface area is 170 Å². The van der Waals surface area contributed by atoms with E-state index >= 15 is 0 Å². The molecule has 0 spiro atoms. The molecule has 1 aromatic carbocycles. The zero-order chi connectivity index (χ0) is 19.5. The van der Waals surface area contributed by atoms with Crippen LogP contribution in [0.5, 0.6) is 0 Å². The molecule has 1 atom stereocenters. The van der Waals surface area contributed by atoms with Gasteiger partial charge in [0.15, 0.2) is 0 Å². The van der Waals surface area contributed by atoms with Gasteiger partial charge in [-0.05, 0) is 42.6 Å². The van der Waals surface area contributed by atoms with Crippen LogP contribution in [0.4, 0.5) is 10.5 Å². The number of nitrogens with one attached hydrogen (secondary N) is 1. The number of halogens is 2. The Morgan fingerprint density at radius 1 is 1.30 bits per heavy atom. The molecule has 1 fully saturated rings. The number of rotatable bonds is 7. The molecule has 0 aromatic heterocycles. The molecule has 150 valence electrons. The molecule has 0 radical (unpaired) electrons. The van der Waals surface area contributed by atoms with E-state index in [1.807, 2.05) is 13.8 Å². The molecule has 27 heavy (non-hydrogen) atoms. The smallest absolute Gasteiger partial charge is 0.329 e. The maximum Gasteiger partial charge on any atom is 0.329 e. The third kappa shape index (κ3) is 5.82. The van der Waals surface area contributed by atoms with Gasteiger partial charge in [0, 0.05) is 25.0 Å². The zero-order valence-corrected chi connectivity index (χ0v) is 17.3. The van der Waals surface area contributed by atoms with E-state index in [0.717, 1.165) is 4.90 Å². The fourth-order valence-electron chi connectivity index (χ4n) is 2.82. The van der Waals surface area contributed by atoms with E-state index in [4.69, 9.17) is 17.3 Å². The summed E-state index contributed by atoms with van der Waals surface area (Å²) in [6, 6.07) is 5.24. The average Bonchev–Trinajstić information content (AvgIpc) is 2.87. The summed E-state index contributed by atoms with van der Waals surface area (Å²) >= 11 is 5.84. The lowest BCUT2D eigenvalue weighted by atomic mass is 9.93. The largest absolute Gasteiger partial charge is 0.345 e. The first kappa shape index (κ1) is 23.2. The Balaban J connectivity index is 0.00000364. The van der Waals surface area contributed by atoms with E-state index in [1.165, 1.54) is 0 Å². The van der Waals surface area contributed by atoms with Crippen molar-refractivity contribution in [2.75, 3.05) is 25.0 Å². The molecule has 3 N–H and O–H groups in total. The van der Waals surface area contributed by atoms with Crippen LogP contribution >= 0.6 is 24.0 Å². The number of nitrogens with two attached hydrogens (primary N) is 1. The fourth-order valence-corrected chi connectivity index (χ4v) is 2.94. The number of benzene rings is 1. The molecule has 1 heterocycles. The molecule has 0 bridgehead atoms. The van der Waals surface area contributed by atoms with Gasteiger partial charge in [-0.15, -0.1) is 12.4 Å². The Hall–Kier alpha value is -1.83. The van der Waals surface area contributed by atoms with Crippen LogP contribution < -0.4 is 16.0 Å². The van der Waals surface area contributed by atoms with Crippen molar-refractivity contribution >= 4 is 47.5 Å². The van der Waals surface area contributed by atoms with E-state index in [1.54, 1.807) is 36.2 Å². The van der Waals surface area contributed by atoms with E-state index in [0.29, 0.717) is 23.8 Å². The third-order valence-corrected chi connectivity index (χ3v) is 4.65. The Kier molecular flexibility index (Phi) is 8.07. The summed E-state index contributed by atoms with van der Waals surface area (Å²) in [5.41, 5.74) is 5.98. The highest BCUT2D eigenvalue weighted by Crippen LogP contribution is 2.23. The van der Waals surface area contributed by atoms with Crippen molar-refractivity contribution in [2.45, 2.75) is 32.7 Å². The molecule has 0 aliphatic carbocycles. The number of anilines is 1. The molecule has 1 aliphatic rings. The molecule has 1 aliphatic heterocycles. The van der Waals surface area contributed by atoms with Crippen LogP contribution in [0, 0.1) is 5.41 Å². The third-order valence-electron chi connectivity index (χ3n) is 4.39. The number of carbonyl (C=O) groups is 3. The maximum atomic E-state index is 12.5. The minimum Gasteiger partial charge on any atom is -0.345 e. The summed E-state index contributed by atoms with van der Waals surface area (Å²) in [6.45, 7) is 4.98. The van der Waals surface area contributed by atoms with E-state index in [2.05, 4.69) is 5.32 Å². The number of imide groups is 1. The predicted octanol–water partition coefficient (Wildman–Crippen LogP) is 2.41. The van der Waals surface area contributed by atoms with Crippen LogP contribution in [0.3, 0.4) is 0 Å². The van der Waals surface area contributed by atoms with Gasteiger partial charge in [-0.25, -0.2) is 9.69 Å². The Morgan fingerprint density at radius 3 is 2.44 bits per heavy atom. The van der Waals surface area contributed by atoms with Crippen molar-refractivity contribution in [2.24, 2.45) is 11.1 Å². The van der Waals surface area contributed by atoms with Gasteiger partial charge in [-0.3, -0.25) is 9.59 Å². The quantitative estimate of drug-likeness (QED) is 0.666. The topological polar surface area (TPSA) is 95.7 Å². The van der Waals surface area contributed by atoms with E-state index < -0.39 is 12.1 Å². The van der Waals surface area contributed by atoms with Gasteiger partial charge in [0.2, 0.25) is 5.91 Å². The fraction of sp³-hybridized carbons (Fsp3) is 0.500. The van der Waals surface area contributed by atoms with Crippen LogP contribution in [0.25, 0.3) is 0 Å². The molecule has 7 nitrogen and oxygen atoms in total. The first-order valence-electron chi connectivity index (χ1n) is 8.49. The zero-order valence-electron chi connectivity index (χ0n) is 15.7. The van der Waals surface area contributed by atoms with E-state index in [-0.39, 0.29) is 42.5 Å². The van der Waals surface area contributed by atoms with Crippen molar-refractivity contribution in [3.05, 3.63) is 29.3 Å². The van der Waals surface area contributed by atoms with Crippen LogP contribution in [-0.4, -0.2) is 48.9 Å². The first-order chi connectivity index (χ1) is 12.1. The van der Waals surface area contributed by atoms with Crippen LogP contribution in [0.1, 0.15) is 26.7 Å². The molecular formula is C18H26Cl2N4O3. The Bertz CT molecular complexity index is 694. The van der Waals surface area contributed by atoms with Gasteiger partial charge in [0.05, 0.1) is 5.69 Å². The molecule has 1 unspecified atom stereocenters. The number of amides is 4. The van der Waals surface area contributed by atoms with Crippen LogP contribution in [-0.2, 0) is 9.59 Å². The second-order valence-corrected chi connectivity index (χ2v) is 7.75. The lowest BCUT2D eigenvalue weighted by Gasteiger charge is -2.29. The molecule has 1 saturated heterocycles. The number of carbonyl (C=O) groups excluding carboxylic acids is 3. The predicted molar refractivity (Wildman–Crippen MR) is 108 cm³/mol. The summed E-state index contributed by atoms with van der Waals surface area (Å²) in [7, 11) is 1.72. The first-order valence-corrected chi connectivity index (χ1v) is 8.86. The number of nitrogens with zero attached hydrogens (tertiary/aromatic N) is 2. The highest BCUT2D eigenvalue weighted by Gasteiger charge is 2.39. The Morgan fingerprint density at radius 2 is 1.89 bits per heavy atom. The minimum atomic E-state index is -0.710. The van der Waals surface area contributed by atoms with Crippen molar-refractivity contribution in [3.8, 4) is 0 Å². The van der Waals surface area contributed by atoms with Gasteiger partial charge in [0.1, 0.15) is 6.04 Å². The summed E-state index contributed by atoms with van der Waals surface area (Å²) < 4.78 is 0. The lowest BCUT2D eigenvalue weighted by molar-refractivity contribution is -0.131. The molecule has 9 heteroatoms. The van der Waals surface area contributed by atoms with Crippen molar-refractivity contribution in [1.82, 2.24) is 10.2 Å². The standard InChI is InChI=1S/C18H25ClN4O3.ClH/c1-18(2,10-20)11-22(3)15(24)9-8-14-16(25)23(17(26)21-14)13-6-4-12(19)5-7-13;/h4-7,14H,8-11,20H2,1-3H3,(H,21,26);1H. The second-order valence-electron chi connectivity index (χ2n) is 7.31. The van der Waals surface area contributed by atoms with Gasteiger partial charge in [0.25, 0.3) is 5.91 Å². The van der Waals surface area contributed by atoms with E-state index in [9.17, 15) is 14.4 Å². The van der Waals surface area contributed by atoms with Crippen molar-refractivity contribution in [3.63, 3.8) is 0 Å². The lowest BCUT2D eigenvalue weighted by Crippen LogP contribution is -2.40. The number of hydrogen-bond donors (Lipinski definition) is 2. The monoisotopic (exact) mass is 416 g/mol. The number of hydrogen-bond acceptors (Lipinski definition) is 4. The van der Waals surface area contributed by atoms with Crippen LogP contribution in [0.2, 0.25) is 5.02 Å². The SMILES string of the molecule is CN(CC(C)(C)CN)C(=O)CCC1NC(=O)N(c2ccc(Cl)cc2)C1=O.Cl. The molecule has 1 aromatic rings. The summed E-state index contributed by atoms with van der Waals surface area (Å²) in [4.78, 5) is 39.7. The van der Waals surface area contributed by atoms with Crippen molar-refractivity contribution in [1.29, 1.82) is 0 Å². The second kappa shape index (κ2) is 9.39. The molecule has 2 rings (SSSR count). The summed E-state index contributed by atoms with van der Waals surface area (Å²) in [5.74, 6) is -0.450. The highest BCUT2D eigenvalue weighted by atomic mass is 35.5. The average molecular weight is 417 g/mol. The summed E-state index contributed by atoms with van der Waals surface area (Å²) in [5, 5.41) is 3.15. The minimum absolute atomic E-state index is 0. The highest BCUT2D eigenvalue weighted by molar-refractivity contribution is 6.30.